The molecule has 220 valence electrons. The number of nitrogens with zero attached hydrogens (tertiary/aromatic N) is 1. The predicted molar refractivity (Wildman–Crippen MR) is 154 cm³/mol. The van der Waals surface area contributed by atoms with E-state index in [1.165, 1.54) is 5.56 Å². The smallest absolute Gasteiger partial charge is 0.410 e. The lowest BCUT2D eigenvalue weighted by atomic mass is 10.0. The minimum atomic E-state index is -3.24. The Morgan fingerprint density at radius 3 is 2.48 bits per heavy atom. The van der Waals surface area contributed by atoms with Crippen LogP contribution in [0.15, 0.2) is 42.5 Å². The number of benzene rings is 2. The maximum absolute atomic E-state index is 12.4. The Morgan fingerprint density at radius 2 is 1.73 bits per heavy atom. The third kappa shape index (κ3) is 9.38. The number of sulfonamides is 1. The summed E-state index contributed by atoms with van der Waals surface area (Å²) in [5, 5.41) is 0. The highest BCUT2D eigenvalue weighted by Crippen LogP contribution is 2.35. The van der Waals surface area contributed by atoms with Crippen molar-refractivity contribution in [1.82, 2.24) is 4.90 Å². The quantitative estimate of drug-likeness (QED) is 0.268. The maximum atomic E-state index is 12.4. The highest BCUT2D eigenvalue weighted by molar-refractivity contribution is 7.92. The van der Waals surface area contributed by atoms with Crippen molar-refractivity contribution in [1.29, 1.82) is 0 Å². The Labute approximate surface area is 238 Å². The number of fused-ring (bicyclic) bond motifs is 1. The number of hydrogen-bond acceptors (Lipinski definition) is 7. The number of ether oxygens (including phenoxy) is 4. The molecular formula is C30H42N2O7S. The molecule has 0 unspecified atom stereocenters. The van der Waals surface area contributed by atoms with E-state index < -0.39 is 15.8 Å². The number of aryl methyl sites for hydroxylation is 1. The van der Waals surface area contributed by atoms with Gasteiger partial charge in [0.2, 0.25) is 15.8 Å². The van der Waals surface area contributed by atoms with E-state index >= 15 is 0 Å². The summed E-state index contributed by atoms with van der Waals surface area (Å²) in [6, 6.07) is 13.4. The number of hydrogen-bond donors (Lipinski definition) is 1. The first-order chi connectivity index (χ1) is 19.1. The fourth-order valence-electron chi connectivity index (χ4n) is 4.87. The molecule has 0 radical (unpaired) electrons. The van der Waals surface area contributed by atoms with Gasteiger partial charge in [-0.25, -0.2) is 13.2 Å². The van der Waals surface area contributed by atoms with Crippen molar-refractivity contribution in [3.8, 4) is 5.75 Å². The van der Waals surface area contributed by atoms with Crippen LogP contribution in [-0.2, 0) is 37.3 Å². The highest BCUT2D eigenvalue weighted by atomic mass is 32.2. The number of amides is 1. The summed E-state index contributed by atoms with van der Waals surface area (Å²) < 4.78 is 48.0. The van der Waals surface area contributed by atoms with Gasteiger partial charge in [0.25, 0.3) is 0 Å². The summed E-state index contributed by atoms with van der Waals surface area (Å²) in [7, 11) is -3.24. The van der Waals surface area contributed by atoms with Crippen LogP contribution in [0.1, 0.15) is 75.2 Å². The molecule has 2 heterocycles. The van der Waals surface area contributed by atoms with Crippen molar-refractivity contribution >= 4 is 21.8 Å². The van der Waals surface area contributed by atoms with Gasteiger partial charge in [-0.1, -0.05) is 31.0 Å². The number of cyclic esters (lactones) is 1. The van der Waals surface area contributed by atoms with Crippen LogP contribution < -0.4 is 9.46 Å². The molecule has 1 N–H and O–H groups in total. The van der Waals surface area contributed by atoms with Crippen molar-refractivity contribution in [2.45, 2.75) is 77.3 Å². The van der Waals surface area contributed by atoms with Gasteiger partial charge in [0, 0.05) is 44.9 Å². The van der Waals surface area contributed by atoms with Crippen molar-refractivity contribution in [2.24, 2.45) is 0 Å². The first-order valence-electron chi connectivity index (χ1n) is 14.1. The van der Waals surface area contributed by atoms with Crippen LogP contribution in [-0.4, -0.2) is 57.8 Å². The number of carbonyl (C=O) groups excluding carboxylic acids is 1. The molecule has 10 heteroatoms. The summed E-state index contributed by atoms with van der Waals surface area (Å²) in [5.74, 6) is 0.189. The van der Waals surface area contributed by atoms with Gasteiger partial charge in [-0.2, -0.15) is 0 Å². The van der Waals surface area contributed by atoms with Gasteiger partial charge in [-0.05, 0) is 67.5 Å². The van der Waals surface area contributed by atoms with Gasteiger partial charge >= 0.3 is 6.09 Å². The van der Waals surface area contributed by atoms with E-state index in [1.54, 1.807) is 17.0 Å². The molecule has 2 aromatic rings. The number of rotatable bonds is 15. The lowest BCUT2D eigenvalue weighted by molar-refractivity contribution is -0.180. The Balaban J connectivity index is 1.02. The first-order valence-corrected chi connectivity index (χ1v) is 16.0. The van der Waals surface area contributed by atoms with Crippen LogP contribution in [0.2, 0.25) is 0 Å². The second kappa shape index (κ2) is 13.7. The number of anilines is 1. The molecule has 1 atom stereocenters. The van der Waals surface area contributed by atoms with Gasteiger partial charge < -0.3 is 23.8 Å². The largest absolute Gasteiger partial charge is 0.463 e. The maximum Gasteiger partial charge on any atom is 0.410 e. The zero-order valence-corrected chi connectivity index (χ0v) is 24.6. The summed E-state index contributed by atoms with van der Waals surface area (Å²) in [4.78, 5) is 14.2. The zero-order chi connectivity index (χ0) is 28.6. The highest BCUT2D eigenvalue weighted by Gasteiger charge is 2.33. The number of unbranched alkanes of at least 4 members (excludes halogenated alkanes) is 4. The van der Waals surface area contributed by atoms with Gasteiger partial charge in [0.15, 0.2) is 0 Å². The van der Waals surface area contributed by atoms with Gasteiger partial charge in [0.05, 0.1) is 19.4 Å². The Kier molecular flexibility index (Phi) is 10.3. The predicted octanol–water partition coefficient (Wildman–Crippen LogP) is 5.80. The van der Waals surface area contributed by atoms with Crippen molar-refractivity contribution in [2.75, 3.05) is 37.3 Å². The molecule has 0 aliphatic carbocycles. The van der Waals surface area contributed by atoms with E-state index in [9.17, 15) is 13.2 Å². The van der Waals surface area contributed by atoms with E-state index in [2.05, 4.69) is 4.72 Å². The number of carbonyl (C=O) groups is 1. The molecule has 1 fully saturated rings. The molecule has 0 spiro atoms. The van der Waals surface area contributed by atoms with Crippen molar-refractivity contribution in [3.05, 3.63) is 59.2 Å². The van der Waals surface area contributed by atoms with E-state index in [-0.39, 0.29) is 12.2 Å². The molecule has 4 rings (SSSR count). The van der Waals surface area contributed by atoms with Crippen molar-refractivity contribution in [3.63, 3.8) is 0 Å². The van der Waals surface area contributed by atoms with E-state index in [0.29, 0.717) is 25.4 Å². The van der Waals surface area contributed by atoms with Crippen LogP contribution in [0.25, 0.3) is 0 Å². The normalized spacial score (nSPS) is 18.2. The molecule has 1 amide bonds. The summed E-state index contributed by atoms with van der Waals surface area (Å²) in [6.45, 7) is 7.03. The van der Waals surface area contributed by atoms with Crippen LogP contribution in [0.4, 0.5) is 10.5 Å². The molecule has 2 aromatic carbocycles. The fraction of sp³-hybridized carbons (Fsp3) is 0.567. The first kappa shape index (κ1) is 30.1. The molecule has 9 nitrogen and oxygen atoms in total. The minimum absolute atomic E-state index is 0.249. The third-order valence-electron chi connectivity index (χ3n) is 7.00. The third-order valence-corrected chi connectivity index (χ3v) is 7.61. The molecular weight excluding hydrogens is 532 g/mol. The van der Waals surface area contributed by atoms with Gasteiger partial charge in [0.1, 0.15) is 11.9 Å². The van der Waals surface area contributed by atoms with Crippen molar-refractivity contribution < 1.29 is 32.2 Å². The van der Waals surface area contributed by atoms with Crippen LogP contribution in [0.3, 0.4) is 0 Å². The average molecular weight is 575 g/mol. The fourth-order valence-corrected chi connectivity index (χ4v) is 5.44. The summed E-state index contributed by atoms with van der Waals surface area (Å²) in [6.07, 6.45) is 7.66. The molecule has 0 bridgehead atoms. The van der Waals surface area contributed by atoms with Crippen LogP contribution in [0.5, 0.6) is 5.75 Å². The van der Waals surface area contributed by atoms with E-state index in [4.69, 9.17) is 18.9 Å². The molecule has 2 aliphatic heterocycles. The number of nitrogens with one attached hydrogen (secondary N) is 1. The second-order valence-electron chi connectivity index (χ2n) is 11.0. The molecule has 0 saturated carbocycles. The minimum Gasteiger partial charge on any atom is -0.463 e. The van der Waals surface area contributed by atoms with Gasteiger partial charge in [-0.15, -0.1) is 0 Å². The standard InChI is InChI=1S/C30H42N2O7S/c1-30(2)37-22-25-20-24(13-16-27(25)39-30)28-21-32(29(33)38-28)17-7-4-5-8-18-36-19-9-6-10-23-11-14-26(15-12-23)31-40(3,34)35/h11-16,20,28,31H,4-10,17-19,21-22H2,1-3H3/t28-/m0/s1. The average Bonchev–Trinajstić information content (AvgIpc) is 3.26. The molecule has 0 aromatic heterocycles. The Morgan fingerprint density at radius 1 is 1.00 bits per heavy atom. The monoisotopic (exact) mass is 574 g/mol. The zero-order valence-electron chi connectivity index (χ0n) is 23.8. The Hall–Kier alpha value is -2.82. The SMILES string of the molecule is CC1(C)OCc2cc([C@@H]3CN(CCCCCCOCCCCc4ccc(NS(C)(=O)=O)cc4)C(=O)O3)ccc2O1. The molecule has 2 aliphatic rings. The van der Waals surface area contributed by atoms with E-state index in [0.717, 1.165) is 81.3 Å². The topological polar surface area (TPSA) is 103 Å². The lowest BCUT2D eigenvalue weighted by Crippen LogP contribution is -2.35. The van der Waals surface area contributed by atoms with Crippen LogP contribution in [0, 0.1) is 0 Å². The molecule has 40 heavy (non-hydrogen) atoms. The Bertz CT molecular complexity index is 1230. The van der Waals surface area contributed by atoms with Crippen LogP contribution >= 0.6 is 0 Å². The summed E-state index contributed by atoms with van der Waals surface area (Å²) >= 11 is 0. The second-order valence-corrected chi connectivity index (χ2v) is 12.8. The summed E-state index contributed by atoms with van der Waals surface area (Å²) in [5.41, 5.74) is 3.71. The van der Waals surface area contributed by atoms with E-state index in [1.807, 2.05) is 44.2 Å². The molecule has 1 saturated heterocycles. The van der Waals surface area contributed by atoms with Gasteiger partial charge in [-0.3, -0.25) is 4.72 Å². The lowest BCUT2D eigenvalue weighted by Gasteiger charge is -2.32.